The number of rotatable bonds is 9. The van der Waals surface area contributed by atoms with Crippen molar-refractivity contribution in [2.24, 2.45) is 0 Å². The molecule has 224 valence electrons. The first kappa shape index (κ1) is 31.4. The molecule has 4 unspecified atom stereocenters. The zero-order chi connectivity index (χ0) is 31.1. The van der Waals surface area contributed by atoms with Gasteiger partial charge in [-0.05, 0) is 61.5 Å². The maximum absolute atomic E-state index is 13.9. The quantitative estimate of drug-likeness (QED) is 0.177. The molecule has 2 aromatic carbocycles. The molecule has 0 radical (unpaired) electrons. The highest BCUT2D eigenvalue weighted by Crippen LogP contribution is 2.40. The van der Waals surface area contributed by atoms with Gasteiger partial charge in [0.1, 0.15) is 12.6 Å². The third-order valence-electron chi connectivity index (χ3n) is 8.27. The molecule has 0 spiro atoms. The van der Waals surface area contributed by atoms with Crippen LogP contribution < -0.4 is 0 Å². The van der Waals surface area contributed by atoms with E-state index in [0.29, 0.717) is 5.02 Å². The molecule has 12 heteroatoms. The highest BCUT2D eigenvalue weighted by molar-refractivity contribution is 6.74. The fourth-order valence-corrected chi connectivity index (χ4v) is 6.53. The summed E-state index contributed by atoms with van der Waals surface area (Å²) in [6.45, 7) is 11.5. The number of benzene rings is 2. The molecule has 1 fully saturated rings. The van der Waals surface area contributed by atoms with Gasteiger partial charge >= 0.3 is 11.9 Å². The zero-order valence-electron chi connectivity index (χ0n) is 24.7. The van der Waals surface area contributed by atoms with Crippen LogP contribution in [0, 0.1) is 0 Å². The van der Waals surface area contributed by atoms with E-state index in [1.807, 2.05) is 33.9 Å². The number of methoxy groups -OCH3 is 1. The van der Waals surface area contributed by atoms with Crippen LogP contribution in [-0.4, -0.2) is 85.7 Å². The van der Waals surface area contributed by atoms with Gasteiger partial charge in [0.25, 0.3) is 11.8 Å². The highest BCUT2D eigenvalue weighted by Gasteiger charge is 2.61. The Balaban J connectivity index is 1.68. The van der Waals surface area contributed by atoms with Crippen LogP contribution >= 0.6 is 11.6 Å². The molecule has 0 saturated carbocycles. The number of β-lactam (4-membered cyclic amide) rings is 1. The fraction of sp³-hybridized carbons (Fsp3) is 0.433. The van der Waals surface area contributed by atoms with Gasteiger partial charge in [0.05, 0.1) is 35.9 Å². The predicted octanol–water partition coefficient (Wildman–Crippen LogP) is 4.32. The van der Waals surface area contributed by atoms with E-state index in [1.54, 1.807) is 19.1 Å². The molecule has 4 atom stereocenters. The number of imide groups is 1. The van der Waals surface area contributed by atoms with E-state index in [1.165, 1.54) is 48.4 Å². The molecule has 2 heterocycles. The first-order valence-corrected chi connectivity index (χ1v) is 16.9. The van der Waals surface area contributed by atoms with Crippen LogP contribution in [-0.2, 0) is 23.5 Å². The summed E-state index contributed by atoms with van der Waals surface area (Å²) in [6, 6.07) is 8.76. The van der Waals surface area contributed by atoms with Crippen molar-refractivity contribution in [2.45, 2.75) is 70.1 Å². The Morgan fingerprint density at radius 2 is 1.52 bits per heavy atom. The van der Waals surface area contributed by atoms with E-state index in [4.69, 9.17) is 25.5 Å². The predicted molar refractivity (Wildman–Crippen MR) is 157 cm³/mol. The molecule has 0 aliphatic carbocycles. The topological polar surface area (TPSA) is 120 Å². The van der Waals surface area contributed by atoms with Gasteiger partial charge in [0.15, 0.2) is 14.4 Å². The minimum absolute atomic E-state index is 0.171. The summed E-state index contributed by atoms with van der Waals surface area (Å²) in [7, 11) is -1.22. The Bertz CT molecular complexity index is 1390. The third kappa shape index (κ3) is 5.60. The van der Waals surface area contributed by atoms with Crippen molar-refractivity contribution in [3.05, 3.63) is 70.2 Å². The Hall–Kier alpha value is -3.54. The van der Waals surface area contributed by atoms with Gasteiger partial charge in [-0.1, -0.05) is 44.5 Å². The van der Waals surface area contributed by atoms with Gasteiger partial charge in [-0.15, -0.1) is 0 Å². The molecule has 3 amide bonds. The SMILES string of the molecule is COC(=O)C(C(C)O[Si](C)(C)C(C)(C)C)N1C(=O)C(N2C(=O)c3ccccc3C2=O)C1COC(=O)c1ccc(Cl)cc1. The van der Waals surface area contributed by atoms with E-state index in [0.717, 1.165) is 4.90 Å². The second-order valence-electron chi connectivity index (χ2n) is 11.9. The summed E-state index contributed by atoms with van der Waals surface area (Å²) in [6.07, 6.45) is -0.806. The highest BCUT2D eigenvalue weighted by atomic mass is 35.5. The van der Waals surface area contributed by atoms with Crippen molar-refractivity contribution in [3.8, 4) is 0 Å². The van der Waals surface area contributed by atoms with Crippen LogP contribution in [0.2, 0.25) is 23.2 Å². The lowest BCUT2D eigenvalue weighted by molar-refractivity contribution is -0.178. The summed E-state index contributed by atoms with van der Waals surface area (Å²) >= 11 is 5.93. The van der Waals surface area contributed by atoms with Crippen LogP contribution in [0.3, 0.4) is 0 Å². The van der Waals surface area contributed by atoms with Crippen molar-refractivity contribution in [2.75, 3.05) is 13.7 Å². The number of esters is 2. The number of ether oxygens (including phenoxy) is 2. The number of carbonyl (C=O) groups is 5. The van der Waals surface area contributed by atoms with E-state index < -0.39 is 68.8 Å². The Kier molecular flexibility index (Phi) is 8.69. The van der Waals surface area contributed by atoms with E-state index in [-0.39, 0.29) is 21.7 Å². The Morgan fingerprint density at radius 1 is 0.976 bits per heavy atom. The number of hydrogen-bond acceptors (Lipinski definition) is 8. The summed E-state index contributed by atoms with van der Waals surface area (Å²) in [5.41, 5.74) is 0.558. The van der Waals surface area contributed by atoms with Crippen LogP contribution in [0.4, 0.5) is 0 Å². The van der Waals surface area contributed by atoms with Gasteiger partial charge in [0.2, 0.25) is 5.91 Å². The second kappa shape index (κ2) is 11.6. The van der Waals surface area contributed by atoms with Gasteiger partial charge in [-0.2, -0.15) is 0 Å². The lowest BCUT2D eigenvalue weighted by Crippen LogP contribution is -2.77. The molecule has 2 aliphatic heterocycles. The van der Waals surface area contributed by atoms with E-state index in [2.05, 4.69) is 0 Å². The van der Waals surface area contributed by atoms with E-state index in [9.17, 15) is 24.0 Å². The lowest BCUT2D eigenvalue weighted by atomic mass is 9.89. The number of likely N-dealkylation sites (tertiary alicyclic amines) is 1. The van der Waals surface area contributed by atoms with Gasteiger partial charge in [-0.3, -0.25) is 19.3 Å². The average molecular weight is 615 g/mol. The monoisotopic (exact) mass is 614 g/mol. The summed E-state index contributed by atoms with van der Waals surface area (Å²) in [5, 5.41) is 0.238. The van der Waals surface area contributed by atoms with E-state index >= 15 is 0 Å². The van der Waals surface area contributed by atoms with Gasteiger partial charge in [-0.25, -0.2) is 9.59 Å². The largest absolute Gasteiger partial charge is 0.467 e. The molecule has 2 aromatic rings. The van der Waals surface area contributed by atoms with Crippen molar-refractivity contribution in [1.82, 2.24) is 9.80 Å². The summed E-state index contributed by atoms with van der Waals surface area (Å²) in [4.78, 5) is 68.7. The first-order chi connectivity index (χ1) is 19.6. The number of amides is 3. The van der Waals surface area contributed by atoms with Gasteiger partial charge < -0.3 is 18.8 Å². The number of hydrogen-bond donors (Lipinski definition) is 0. The molecule has 10 nitrogen and oxygen atoms in total. The summed E-state index contributed by atoms with van der Waals surface area (Å²) < 4.78 is 17.1. The number of carbonyl (C=O) groups excluding carboxylic acids is 5. The minimum atomic E-state index is -2.42. The fourth-order valence-electron chi connectivity index (χ4n) is 5.00. The normalized spacial score (nSPS) is 20.1. The Morgan fingerprint density at radius 3 is 2.02 bits per heavy atom. The molecular formula is C30H35ClN2O8Si. The second-order valence-corrected chi connectivity index (χ2v) is 17.1. The first-order valence-electron chi connectivity index (χ1n) is 13.6. The maximum atomic E-state index is 13.9. The molecule has 0 aromatic heterocycles. The smallest absolute Gasteiger partial charge is 0.338 e. The zero-order valence-corrected chi connectivity index (χ0v) is 26.4. The number of fused-ring (bicyclic) bond motifs is 1. The molecule has 2 aliphatic rings. The van der Waals surface area contributed by atoms with Crippen LogP contribution in [0.15, 0.2) is 48.5 Å². The number of nitrogens with zero attached hydrogens (tertiary/aromatic N) is 2. The molecule has 1 saturated heterocycles. The molecular weight excluding hydrogens is 580 g/mol. The Labute approximate surface area is 251 Å². The van der Waals surface area contributed by atoms with Crippen LogP contribution in [0.25, 0.3) is 0 Å². The molecule has 42 heavy (non-hydrogen) atoms. The van der Waals surface area contributed by atoms with Crippen molar-refractivity contribution >= 4 is 49.6 Å². The van der Waals surface area contributed by atoms with Crippen molar-refractivity contribution in [1.29, 1.82) is 0 Å². The van der Waals surface area contributed by atoms with Crippen molar-refractivity contribution in [3.63, 3.8) is 0 Å². The summed E-state index contributed by atoms with van der Waals surface area (Å²) in [5.74, 6) is -3.36. The third-order valence-corrected chi connectivity index (χ3v) is 13.1. The van der Waals surface area contributed by atoms with Gasteiger partial charge in [0, 0.05) is 5.02 Å². The van der Waals surface area contributed by atoms with Crippen molar-refractivity contribution < 1.29 is 37.9 Å². The molecule has 4 rings (SSSR count). The molecule has 0 bridgehead atoms. The maximum Gasteiger partial charge on any atom is 0.338 e. The van der Waals surface area contributed by atoms with Crippen LogP contribution in [0.5, 0.6) is 0 Å². The van der Waals surface area contributed by atoms with Crippen LogP contribution in [0.1, 0.15) is 58.8 Å². The standard InChI is InChI=1S/C30H35ClN2O8Si/c1-17(41-42(6,7)30(2,3)4)23(29(38)39-5)32-22(16-40-28(37)18-12-14-19(31)15-13-18)24(27(32)36)33-25(34)20-10-8-9-11-21(20)26(33)35/h8-15,17,22-24H,16H2,1-7H3. The lowest BCUT2D eigenvalue weighted by Gasteiger charge is -2.53. The average Bonchev–Trinajstić information content (AvgIpc) is 3.17. The number of halogens is 1. The minimum Gasteiger partial charge on any atom is -0.467 e. The molecule has 0 N–H and O–H groups in total.